The van der Waals surface area contributed by atoms with Crippen molar-refractivity contribution in [3.63, 3.8) is 0 Å². The Morgan fingerprint density at radius 2 is 1.76 bits per heavy atom. The zero-order valence-electron chi connectivity index (χ0n) is 16.1. The Hall–Kier alpha value is -2.87. The molecule has 0 saturated carbocycles. The summed E-state index contributed by atoms with van der Waals surface area (Å²) < 4.78 is 1.80. The highest BCUT2D eigenvalue weighted by atomic mass is 32.2. The molecule has 148 valence electrons. The van der Waals surface area contributed by atoms with Crippen molar-refractivity contribution >= 4 is 23.5 Å². The van der Waals surface area contributed by atoms with Gasteiger partial charge in [0.1, 0.15) is 30.0 Å². The van der Waals surface area contributed by atoms with Crippen molar-refractivity contribution in [3.05, 3.63) is 66.0 Å². The number of aromatic nitrogens is 4. The number of thioether (sulfide) groups is 1. The number of hydrogen-bond acceptors (Lipinski definition) is 6. The van der Waals surface area contributed by atoms with E-state index in [0.29, 0.717) is 18.8 Å². The Morgan fingerprint density at radius 3 is 2.62 bits per heavy atom. The van der Waals surface area contributed by atoms with Crippen LogP contribution in [0, 0.1) is 0 Å². The predicted octanol–water partition coefficient (Wildman–Crippen LogP) is 2.41. The van der Waals surface area contributed by atoms with E-state index in [1.807, 2.05) is 28.8 Å². The largest absolute Gasteiger partial charge is 0.355 e. The van der Waals surface area contributed by atoms with Gasteiger partial charge in [0.05, 0.1) is 0 Å². The van der Waals surface area contributed by atoms with Crippen LogP contribution in [0.25, 0.3) is 5.82 Å². The van der Waals surface area contributed by atoms with Crippen molar-refractivity contribution < 1.29 is 4.79 Å². The molecule has 2 aromatic heterocycles. The summed E-state index contributed by atoms with van der Waals surface area (Å²) in [6, 6.07) is 10.3. The van der Waals surface area contributed by atoms with Crippen LogP contribution in [0.15, 0.2) is 49.2 Å². The summed E-state index contributed by atoms with van der Waals surface area (Å²) in [6.45, 7) is 3.33. The molecular weight excluding hydrogens is 384 g/mol. The average molecular weight is 407 g/mol. The molecule has 1 amide bonds. The molecule has 7 nitrogen and oxygen atoms in total. The number of amides is 1. The summed E-state index contributed by atoms with van der Waals surface area (Å²) in [4.78, 5) is 30.3. The smallest absolute Gasteiger partial charge is 0.274 e. The zero-order chi connectivity index (χ0) is 19.6. The number of rotatable bonds is 3. The number of fused-ring (bicyclic) bond motifs is 1. The minimum atomic E-state index is -0.0411. The molecule has 1 saturated heterocycles. The molecule has 0 atom stereocenters. The fraction of sp³-hybridized carbons (Fsp3) is 0.333. The molecular formula is C21H22N6OS. The predicted molar refractivity (Wildman–Crippen MR) is 114 cm³/mol. The van der Waals surface area contributed by atoms with E-state index in [1.54, 1.807) is 23.4 Å². The maximum Gasteiger partial charge on any atom is 0.274 e. The standard InChI is InChI=1S/C21H22N6OS/c28-21(26-6-5-16-3-1-2-4-17(16)12-26)18-13-27(15-24-18)20-11-19(22-14-23-20)25-7-9-29-10-8-25/h1-4,11,13-15H,5-10,12H2. The highest BCUT2D eigenvalue weighted by molar-refractivity contribution is 7.99. The van der Waals surface area contributed by atoms with E-state index in [-0.39, 0.29) is 5.91 Å². The van der Waals surface area contributed by atoms with Gasteiger partial charge in [0.25, 0.3) is 5.91 Å². The van der Waals surface area contributed by atoms with E-state index in [9.17, 15) is 4.79 Å². The van der Waals surface area contributed by atoms with Crippen LogP contribution in [0.5, 0.6) is 0 Å². The maximum absolute atomic E-state index is 13.0. The fourth-order valence-electron chi connectivity index (χ4n) is 3.83. The number of imidazole rings is 1. The molecule has 4 heterocycles. The van der Waals surface area contributed by atoms with Crippen molar-refractivity contribution in [2.24, 2.45) is 0 Å². The van der Waals surface area contributed by atoms with Crippen LogP contribution >= 0.6 is 11.8 Å². The second kappa shape index (κ2) is 7.87. The minimum absolute atomic E-state index is 0.0411. The topological polar surface area (TPSA) is 67.2 Å². The van der Waals surface area contributed by atoms with Gasteiger partial charge >= 0.3 is 0 Å². The van der Waals surface area contributed by atoms with Gasteiger partial charge in [-0.1, -0.05) is 24.3 Å². The number of carbonyl (C=O) groups is 1. The molecule has 3 aromatic rings. The van der Waals surface area contributed by atoms with Gasteiger partial charge in [-0.2, -0.15) is 11.8 Å². The van der Waals surface area contributed by atoms with Crippen LogP contribution in [-0.2, 0) is 13.0 Å². The molecule has 8 heteroatoms. The molecule has 1 fully saturated rings. The summed E-state index contributed by atoms with van der Waals surface area (Å²) >= 11 is 1.97. The highest BCUT2D eigenvalue weighted by Gasteiger charge is 2.23. The molecule has 0 unspecified atom stereocenters. The summed E-state index contributed by atoms with van der Waals surface area (Å²) in [5.74, 6) is 3.83. The highest BCUT2D eigenvalue weighted by Crippen LogP contribution is 2.21. The lowest BCUT2D eigenvalue weighted by Gasteiger charge is -2.28. The molecule has 1 aromatic carbocycles. The first-order valence-corrected chi connectivity index (χ1v) is 11.0. The zero-order valence-corrected chi connectivity index (χ0v) is 16.9. The van der Waals surface area contributed by atoms with E-state index < -0.39 is 0 Å². The number of hydrogen-bond donors (Lipinski definition) is 0. The van der Waals surface area contributed by atoms with Crippen LogP contribution < -0.4 is 4.90 Å². The van der Waals surface area contributed by atoms with E-state index in [1.165, 1.54) is 11.1 Å². The summed E-state index contributed by atoms with van der Waals surface area (Å²) in [7, 11) is 0. The SMILES string of the molecule is O=C(c1cn(-c2cc(N3CCSCC3)ncn2)cn1)N1CCc2ccccc2C1. The third-order valence-corrected chi connectivity index (χ3v) is 6.40. The van der Waals surface area contributed by atoms with Crippen LogP contribution in [0.3, 0.4) is 0 Å². The van der Waals surface area contributed by atoms with Crippen molar-refractivity contribution in [2.45, 2.75) is 13.0 Å². The van der Waals surface area contributed by atoms with Crippen molar-refractivity contribution in [2.75, 3.05) is 36.0 Å². The third kappa shape index (κ3) is 3.72. The maximum atomic E-state index is 13.0. The van der Waals surface area contributed by atoms with Crippen LogP contribution in [0.4, 0.5) is 5.82 Å². The number of carbonyl (C=O) groups excluding carboxylic acids is 1. The second-order valence-corrected chi connectivity index (χ2v) is 8.47. The average Bonchev–Trinajstić information content (AvgIpc) is 3.29. The van der Waals surface area contributed by atoms with E-state index in [4.69, 9.17) is 0 Å². The van der Waals surface area contributed by atoms with Gasteiger partial charge < -0.3 is 9.80 Å². The molecule has 29 heavy (non-hydrogen) atoms. The normalized spacial score (nSPS) is 16.6. The van der Waals surface area contributed by atoms with Crippen molar-refractivity contribution in [3.8, 4) is 5.82 Å². The van der Waals surface area contributed by atoms with Gasteiger partial charge in [0.15, 0.2) is 0 Å². The van der Waals surface area contributed by atoms with E-state index in [0.717, 1.165) is 42.7 Å². The minimum Gasteiger partial charge on any atom is -0.355 e. The van der Waals surface area contributed by atoms with Gasteiger partial charge in [-0.25, -0.2) is 15.0 Å². The molecule has 0 spiro atoms. The first-order valence-electron chi connectivity index (χ1n) is 9.83. The lowest BCUT2D eigenvalue weighted by Crippen LogP contribution is -2.36. The first kappa shape index (κ1) is 18.2. The molecule has 0 radical (unpaired) electrons. The number of anilines is 1. The molecule has 5 rings (SSSR count). The first-order chi connectivity index (χ1) is 14.3. The lowest BCUT2D eigenvalue weighted by atomic mass is 10.00. The van der Waals surface area contributed by atoms with Gasteiger partial charge in [0, 0.05) is 49.9 Å². The Labute approximate surface area is 173 Å². The van der Waals surface area contributed by atoms with Gasteiger partial charge in [-0.15, -0.1) is 0 Å². The molecule has 0 bridgehead atoms. The van der Waals surface area contributed by atoms with Gasteiger partial charge in [0.2, 0.25) is 0 Å². The third-order valence-electron chi connectivity index (χ3n) is 5.46. The number of nitrogens with zero attached hydrogens (tertiary/aromatic N) is 6. The molecule has 0 aliphatic carbocycles. The Morgan fingerprint density at radius 1 is 0.966 bits per heavy atom. The Balaban J connectivity index is 1.34. The van der Waals surface area contributed by atoms with Crippen LogP contribution in [0.2, 0.25) is 0 Å². The lowest BCUT2D eigenvalue weighted by molar-refractivity contribution is 0.0729. The Bertz CT molecular complexity index is 1030. The molecule has 2 aliphatic heterocycles. The molecule has 0 N–H and O–H groups in total. The van der Waals surface area contributed by atoms with E-state index >= 15 is 0 Å². The fourth-order valence-corrected chi connectivity index (χ4v) is 4.74. The van der Waals surface area contributed by atoms with E-state index in [2.05, 4.69) is 38.1 Å². The van der Waals surface area contributed by atoms with Crippen LogP contribution in [-0.4, -0.2) is 61.5 Å². The molecule has 2 aliphatic rings. The van der Waals surface area contributed by atoms with Crippen molar-refractivity contribution in [1.29, 1.82) is 0 Å². The van der Waals surface area contributed by atoms with Crippen molar-refractivity contribution in [1.82, 2.24) is 24.4 Å². The van der Waals surface area contributed by atoms with Gasteiger partial charge in [-0.3, -0.25) is 9.36 Å². The number of benzene rings is 1. The van der Waals surface area contributed by atoms with Crippen LogP contribution in [0.1, 0.15) is 21.6 Å². The second-order valence-electron chi connectivity index (χ2n) is 7.25. The summed E-state index contributed by atoms with van der Waals surface area (Å²) in [5.41, 5.74) is 2.98. The Kier molecular flexibility index (Phi) is 4.93. The van der Waals surface area contributed by atoms with Gasteiger partial charge in [-0.05, 0) is 17.5 Å². The monoisotopic (exact) mass is 406 g/mol. The summed E-state index contributed by atoms with van der Waals surface area (Å²) in [6.07, 6.45) is 5.88. The summed E-state index contributed by atoms with van der Waals surface area (Å²) in [5, 5.41) is 0. The quantitative estimate of drug-likeness (QED) is 0.666.